The summed E-state index contributed by atoms with van der Waals surface area (Å²) in [6.07, 6.45) is 1.04. The van der Waals surface area contributed by atoms with Crippen molar-refractivity contribution >= 4 is 11.9 Å². The number of hydrogen-bond acceptors (Lipinski definition) is 4. The Morgan fingerprint density at radius 3 is 2.43 bits per heavy atom. The zero-order chi connectivity index (χ0) is 17.4. The van der Waals surface area contributed by atoms with E-state index in [0.717, 1.165) is 5.56 Å². The molecular weight excluding hydrogens is 298 g/mol. The monoisotopic (exact) mass is 323 g/mol. The molecule has 0 spiro atoms. The first-order chi connectivity index (χ1) is 10.9. The van der Waals surface area contributed by atoms with Crippen LogP contribution in [0.1, 0.15) is 32.3 Å². The lowest BCUT2D eigenvalue weighted by Gasteiger charge is -2.16. The molecule has 0 aliphatic rings. The first kappa shape index (κ1) is 18.8. The van der Waals surface area contributed by atoms with E-state index in [2.05, 4.69) is 5.32 Å². The van der Waals surface area contributed by atoms with Gasteiger partial charge in [0.15, 0.2) is 0 Å². The Hall–Kier alpha value is -2.24. The van der Waals surface area contributed by atoms with Gasteiger partial charge in [-0.3, -0.25) is 4.79 Å². The quantitative estimate of drug-likeness (QED) is 0.728. The fourth-order valence-corrected chi connectivity index (χ4v) is 2.28. The number of carboxylic acids is 1. The van der Waals surface area contributed by atoms with Gasteiger partial charge in [0.05, 0.1) is 14.2 Å². The normalized spacial score (nSPS) is 11.9. The van der Waals surface area contributed by atoms with Gasteiger partial charge in [-0.15, -0.1) is 0 Å². The van der Waals surface area contributed by atoms with Gasteiger partial charge in [-0.05, 0) is 42.5 Å². The summed E-state index contributed by atoms with van der Waals surface area (Å²) in [6.45, 7) is 3.84. The molecule has 1 atom stereocenters. The van der Waals surface area contributed by atoms with Gasteiger partial charge in [0.25, 0.3) is 0 Å². The first-order valence-corrected chi connectivity index (χ1v) is 7.60. The number of aliphatic carboxylic acids is 1. The van der Waals surface area contributed by atoms with Crippen LogP contribution in [0.3, 0.4) is 0 Å². The van der Waals surface area contributed by atoms with Crippen LogP contribution in [0.2, 0.25) is 0 Å². The van der Waals surface area contributed by atoms with Gasteiger partial charge < -0.3 is 19.9 Å². The van der Waals surface area contributed by atoms with Gasteiger partial charge in [-0.2, -0.15) is 0 Å². The number of rotatable bonds is 9. The van der Waals surface area contributed by atoms with Crippen molar-refractivity contribution in [1.82, 2.24) is 5.32 Å². The van der Waals surface area contributed by atoms with E-state index in [0.29, 0.717) is 24.3 Å². The second kappa shape index (κ2) is 9.02. The number of ether oxygens (including phenoxy) is 2. The van der Waals surface area contributed by atoms with Crippen molar-refractivity contribution in [1.29, 1.82) is 0 Å². The molecule has 0 saturated carbocycles. The smallest absolute Gasteiger partial charge is 0.326 e. The van der Waals surface area contributed by atoms with Crippen LogP contribution in [0, 0.1) is 5.92 Å². The van der Waals surface area contributed by atoms with Crippen LogP contribution in [0.15, 0.2) is 18.2 Å². The van der Waals surface area contributed by atoms with E-state index < -0.39 is 12.0 Å². The number of benzene rings is 1. The molecule has 1 aromatic rings. The molecule has 6 nitrogen and oxygen atoms in total. The number of hydrogen-bond donors (Lipinski definition) is 2. The third-order valence-electron chi connectivity index (χ3n) is 3.45. The number of methoxy groups -OCH3 is 2. The van der Waals surface area contributed by atoms with E-state index in [1.165, 1.54) is 0 Å². The Kier molecular flexibility index (Phi) is 7.38. The minimum absolute atomic E-state index is 0.186. The lowest BCUT2D eigenvalue weighted by atomic mass is 10.0. The van der Waals surface area contributed by atoms with E-state index in [9.17, 15) is 9.59 Å². The summed E-state index contributed by atoms with van der Waals surface area (Å²) < 4.78 is 10.4. The summed E-state index contributed by atoms with van der Waals surface area (Å²) >= 11 is 0. The van der Waals surface area contributed by atoms with Crippen LogP contribution >= 0.6 is 0 Å². The third kappa shape index (κ3) is 6.18. The molecule has 0 heterocycles. The highest BCUT2D eigenvalue weighted by molar-refractivity contribution is 5.83. The molecule has 0 unspecified atom stereocenters. The summed E-state index contributed by atoms with van der Waals surface area (Å²) in [5.41, 5.74) is 0.845. The van der Waals surface area contributed by atoms with E-state index in [4.69, 9.17) is 14.6 Å². The molecule has 128 valence electrons. The molecular formula is C17H25NO5. The van der Waals surface area contributed by atoms with Crippen molar-refractivity contribution in [2.24, 2.45) is 5.92 Å². The maximum Gasteiger partial charge on any atom is 0.326 e. The average molecular weight is 323 g/mol. The van der Waals surface area contributed by atoms with Crippen molar-refractivity contribution in [3.63, 3.8) is 0 Å². The van der Waals surface area contributed by atoms with E-state index in [-0.39, 0.29) is 18.2 Å². The predicted molar refractivity (Wildman–Crippen MR) is 86.9 cm³/mol. The standard InChI is InChI=1S/C17H25NO5/c1-11(2)9-14(17(20)21)18-16(19)8-5-12-10-13(22-3)6-7-15(12)23-4/h6-7,10-11,14H,5,8-9H2,1-4H3,(H,18,19)(H,20,21)/t14-/m0/s1. The van der Waals surface area contributed by atoms with Crippen LogP contribution in [-0.4, -0.2) is 37.2 Å². The molecule has 0 aromatic heterocycles. The molecule has 0 bridgehead atoms. The number of carbonyl (C=O) groups excluding carboxylic acids is 1. The summed E-state index contributed by atoms with van der Waals surface area (Å²) in [6, 6.07) is 4.53. The predicted octanol–water partition coefficient (Wildman–Crippen LogP) is 2.25. The number of aryl methyl sites for hydroxylation is 1. The fourth-order valence-electron chi connectivity index (χ4n) is 2.28. The maximum absolute atomic E-state index is 12.0. The number of carbonyl (C=O) groups is 2. The summed E-state index contributed by atoms with van der Waals surface area (Å²) in [4.78, 5) is 23.2. The van der Waals surface area contributed by atoms with Crippen LogP contribution in [0.4, 0.5) is 0 Å². The zero-order valence-corrected chi connectivity index (χ0v) is 14.1. The average Bonchev–Trinajstić information content (AvgIpc) is 2.51. The SMILES string of the molecule is COc1ccc(OC)c(CCC(=O)N[C@@H](CC(C)C)C(=O)O)c1. The van der Waals surface area contributed by atoms with Crippen LogP contribution in [0.5, 0.6) is 11.5 Å². The lowest BCUT2D eigenvalue weighted by molar-refractivity contribution is -0.142. The lowest BCUT2D eigenvalue weighted by Crippen LogP contribution is -2.41. The van der Waals surface area contributed by atoms with Crippen molar-refractivity contribution in [2.75, 3.05) is 14.2 Å². The minimum Gasteiger partial charge on any atom is -0.497 e. The topological polar surface area (TPSA) is 84.9 Å². The Labute approximate surface area is 136 Å². The van der Waals surface area contributed by atoms with Crippen molar-refractivity contribution in [3.8, 4) is 11.5 Å². The van der Waals surface area contributed by atoms with Crippen LogP contribution in [0.25, 0.3) is 0 Å². The van der Waals surface area contributed by atoms with Crippen LogP contribution in [-0.2, 0) is 16.0 Å². The minimum atomic E-state index is -1.01. The molecule has 23 heavy (non-hydrogen) atoms. The molecule has 0 aliphatic heterocycles. The number of amides is 1. The highest BCUT2D eigenvalue weighted by Crippen LogP contribution is 2.25. The highest BCUT2D eigenvalue weighted by atomic mass is 16.5. The summed E-state index contributed by atoms with van der Waals surface area (Å²) in [7, 11) is 3.14. The Bertz CT molecular complexity index is 542. The second-order valence-electron chi connectivity index (χ2n) is 5.77. The maximum atomic E-state index is 12.0. The third-order valence-corrected chi connectivity index (χ3v) is 3.45. The molecule has 1 amide bonds. The summed E-state index contributed by atoms with van der Waals surface area (Å²) in [5, 5.41) is 11.7. The van der Waals surface area contributed by atoms with Gasteiger partial charge in [0.1, 0.15) is 17.5 Å². The van der Waals surface area contributed by atoms with E-state index in [1.807, 2.05) is 19.9 Å². The largest absolute Gasteiger partial charge is 0.497 e. The highest BCUT2D eigenvalue weighted by Gasteiger charge is 2.21. The number of nitrogens with one attached hydrogen (secondary N) is 1. The molecule has 0 saturated heterocycles. The molecule has 2 N–H and O–H groups in total. The molecule has 1 aromatic carbocycles. The van der Waals surface area contributed by atoms with Gasteiger partial charge in [0, 0.05) is 6.42 Å². The fraction of sp³-hybridized carbons (Fsp3) is 0.529. The van der Waals surface area contributed by atoms with E-state index in [1.54, 1.807) is 26.4 Å². The molecule has 6 heteroatoms. The van der Waals surface area contributed by atoms with Crippen molar-refractivity contribution in [3.05, 3.63) is 23.8 Å². The summed E-state index contributed by atoms with van der Waals surface area (Å²) in [5.74, 6) is 0.254. The molecule has 0 aliphatic carbocycles. The van der Waals surface area contributed by atoms with Crippen LogP contribution < -0.4 is 14.8 Å². The van der Waals surface area contributed by atoms with E-state index >= 15 is 0 Å². The molecule has 1 rings (SSSR count). The molecule has 0 radical (unpaired) electrons. The van der Waals surface area contributed by atoms with Gasteiger partial charge in [0.2, 0.25) is 5.91 Å². The Balaban J connectivity index is 2.66. The van der Waals surface area contributed by atoms with Crippen molar-refractivity contribution < 1.29 is 24.2 Å². The van der Waals surface area contributed by atoms with Gasteiger partial charge in [-0.1, -0.05) is 13.8 Å². The van der Waals surface area contributed by atoms with Gasteiger partial charge in [-0.25, -0.2) is 4.79 Å². The first-order valence-electron chi connectivity index (χ1n) is 7.60. The number of carboxylic acid groups (broad SMARTS) is 1. The van der Waals surface area contributed by atoms with Gasteiger partial charge >= 0.3 is 5.97 Å². The molecule has 0 fully saturated rings. The Morgan fingerprint density at radius 2 is 1.91 bits per heavy atom. The Morgan fingerprint density at radius 1 is 1.22 bits per heavy atom. The second-order valence-corrected chi connectivity index (χ2v) is 5.77. The zero-order valence-electron chi connectivity index (χ0n) is 14.1. The van der Waals surface area contributed by atoms with Crippen molar-refractivity contribution in [2.45, 2.75) is 39.2 Å².